The van der Waals surface area contributed by atoms with Crippen molar-refractivity contribution in [3.05, 3.63) is 70.2 Å². The van der Waals surface area contributed by atoms with Gasteiger partial charge in [0.25, 0.3) is 5.91 Å². The molecule has 110 valence electrons. The van der Waals surface area contributed by atoms with Crippen LogP contribution < -0.4 is 5.32 Å². The molecule has 3 aromatic rings. The third kappa shape index (κ3) is 2.70. The van der Waals surface area contributed by atoms with Crippen molar-refractivity contribution < 1.29 is 9.90 Å². The van der Waals surface area contributed by atoms with E-state index in [1.54, 1.807) is 25.1 Å². The summed E-state index contributed by atoms with van der Waals surface area (Å²) in [5, 5.41) is 14.6. The fraction of sp³-hybridized carbons (Fsp3) is 0.0556. The van der Waals surface area contributed by atoms with Crippen LogP contribution in [0.15, 0.2) is 59.1 Å². The second-order valence-electron chi connectivity index (χ2n) is 5.10. The molecular formula is C18H14BrNO2. The van der Waals surface area contributed by atoms with Crippen LogP contribution in [0.3, 0.4) is 0 Å². The van der Waals surface area contributed by atoms with Gasteiger partial charge in [-0.05, 0) is 57.4 Å². The number of fused-ring (bicyclic) bond motifs is 1. The summed E-state index contributed by atoms with van der Waals surface area (Å²) >= 11 is 3.28. The lowest BCUT2D eigenvalue weighted by Crippen LogP contribution is -2.12. The third-order valence-electron chi connectivity index (χ3n) is 3.55. The van der Waals surface area contributed by atoms with Gasteiger partial charge in [-0.3, -0.25) is 4.79 Å². The smallest absolute Gasteiger partial charge is 0.256 e. The van der Waals surface area contributed by atoms with Crippen molar-refractivity contribution in [1.82, 2.24) is 0 Å². The predicted molar refractivity (Wildman–Crippen MR) is 92.4 cm³/mol. The molecule has 0 aliphatic heterocycles. The summed E-state index contributed by atoms with van der Waals surface area (Å²) in [6, 6.07) is 16.9. The summed E-state index contributed by atoms with van der Waals surface area (Å²) in [6.07, 6.45) is 0. The van der Waals surface area contributed by atoms with Gasteiger partial charge >= 0.3 is 0 Å². The Morgan fingerprint density at radius 2 is 1.82 bits per heavy atom. The fourth-order valence-electron chi connectivity index (χ4n) is 2.43. The number of carbonyl (C=O) groups excluding carboxylic acids is 1. The Kier molecular flexibility index (Phi) is 3.86. The number of benzene rings is 3. The topological polar surface area (TPSA) is 49.3 Å². The summed E-state index contributed by atoms with van der Waals surface area (Å²) in [4.78, 5) is 12.5. The lowest BCUT2D eigenvalue weighted by atomic mass is 10.0. The number of phenols is 1. The van der Waals surface area contributed by atoms with E-state index in [-0.39, 0.29) is 11.7 Å². The summed E-state index contributed by atoms with van der Waals surface area (Å²) in [5.74, 6) is 0.0111. The van der Waals surface area contributed by atoms with Crippen LogP contribution in [0, 0.1) is 6.92 Å². The molecule has 0 atom stereocenters. The highest BCUT2D eigenvalue weighted by Crippen LogP contribution is 2.31. The Morgan fingerprint density at radius 3 is 2.59 bits per heavy atom. The summed E-state index contributed by atoms with van der Waals surface area (Å²) in [5.41, 5.74) is 1.96. The van der Waals surface area contributed by atoms with E-state index in [2.05, 4.69) is 21.2 Å². The zero-order valence-corrected chi connectivity index (χ0v) is 13.5. The number of aryl methyl sites for hydroxylation is 1. The van der Waals surface area contributed by atoms with Crippen LogP contribution in [0.4, 0.5) is 5.69 Å². The maximum absolute atomic E-state index is 12.5. The lowest BCUT2D eigenvalue weighted by molar-refractivity contribution is 0.102. The number of hydrogen-bond donors (Lipinski definition) is 2. The van der Waals surface area contributed by atoms with Crippen molar-refractivity contribution >= 4 is 38.3 Å². The Morgan fingerprint density at radius 1 is 1.09 bits per heavy atom. The first-order valence-electron chi connectivity index (χ1n) is 6.84. The number of nitrogens with one attached hydrogen (secondary N) is 1. The van der Waals surface area contributed by atoms with Gasteiger partial charge in [0, 0.05) is 11.3 Å². The van der Waals surface area contributed by atoms with Crippen LogP contribution in [0.1, 0.15) is 15.9 Å². The summed E-state index contributed by atoms with van der Waals surface area (Å²) < 4.78 is 0.556. The normalized spacial score (nSPS) is 10.6. The number of halogens is 1. The van der Waals surface area contributed by atoms with E-state index in [0.717, 1.165) is 10.8 Å². The quantitative estimate of drug-likeness (QED) is 0.644. The standard InChI is InChI=1S/C18H14BrNO2/c1-11-9-13(10-16(19)17(11)21)20-18(22)15-8-4-6-12-5-2-3-7-14(12)15/h2-10,21H,1H3,(H,20,22). The van der Waals surface area contributed by atoms with E-state index in [1.807, 2.05) is 36.4 Å². The van der Waals surface area contributed by atoms with Crippen molar-refractivity contribution in [2.24, 2.45) is 0 Å². The Bertz CT molecular complexity index is 846. The highest BCUT2D eigenvalue weighted by molar-refractivity contribution is 9.10. The molecule has 0 fully saturated rings. The van der Waals surface area contributed by atoms with Crippen molar-refractivity contribution in [2.75, 3.05) is 5.32 Å². The minimum Gasteiger partial charge on any atom is -0.506 e. The van der Waals surface area contributed by atoms with Gasteiger partial charge in [-0.2, -0.15) is 0 Å². The monoisotopic (exact) mass is 355 g/mol. The van der Waals surface area contributed by atoms with E-state index < -0.39 is 0 Å². The minimum absolute atomic E-state index is 0.172. The second-order valence-corrected chi connectivity index (χ2v) is 5.96. The molecular weight excluding hydrogens is 342 g/mol. The molecule has 0 saturated carbocycles. The number of carbonyl (C=O) groups is 1. The number of phenolic OH excluding ortho intramolecular Hbond substituents is 1. The molecule has 3 rings (SSSR count). The number of amides is 1. The maximum atomic E-state index is 12.5. The summed E-state index contributed by atoms with van der Waals surface area (Å²) in [6.45, 7) is 1.79. The third-order valence-corrected chi connectivity index (χ3v) is 4.15. The maximum Gasteiger partial charge on any atom is 0.256 e. The first-order valence-corrected chi connectivity index (χ1v) is 7.64. The first-order chi connectivity index (χ1) is 10.6. The molecule has 1 amide bonds. The fourth-order valence-corrected chi connectivity index (χ4v) is 2.99. The molecule has 2 N–H and O–H groups in total. The first kappa shape index (κ1) is 14.6. The van der Waals surface area contributed by atoms with Crippen molar-refractivity contribution in [3.63, 3.8) is 0 Å². The molecule has 0 aromatic heterocycles. The minimum atomic E-state index is -0.172. The van der Waals surface area contributed by atoms with Crippen molar-refractivity contribution in [2.45, 2.75) is 6.92 Å². The van der Waals surface area contributed by atoms with Crippen molar-refractivity contribution in [3.8, 4) is 5.75 Å². The second kappa shape index (κ2) is 5.81. The number of hydrogen-bond acceptors (Lipinski definition) is 2. The average Bonchev–Trinajstić information content (AvgIpc) is 2.52. The van der Waals surface area contributed by atoms with Crippen LogP contribution in [0.25, 0.3) is 10.8 Å². The van der Waals surface area contributed by atoms with Gasteiger partial charge in [-0.15, -0.1) is 0 Å². The van der Waals surface area contributed by atoms with Crippen LogP contribution in [0.5, 0.6) is 5.75 Å². The average molecular weight is 356 g/mol. The number of anilines is 1. The number of rotatable bonds is 2. The van der Waals surface area contributed by atoms with E-state index in [0.29, 0.717) is 21.3 Å². The molecule has 4 heteroatoms. The Balaban J connectivity index is 1.97. The SMILES string of the molecule is Cc1cc(NC(=O)c2cccc3ccccc23)cc(Br)c1O. The molecule has 0 unspecified atom stereocenters. The van der Waals surface area contributed by atoms with Gasteiger partial charge in [-0.1, -0.05) is 36.4 Å². The van der Waals surface area contributed by atoms with Crippen LogP contribution in [-0.2, 0) is 0 Å². The number of aromatic hydroxyl groups is 1. The predicted octanol–water partition coefficient (Wildman–Crippen LogP) is 4.87. The molecule has 0 bridgehead atoms. The van der Waals surface area contributed by atoms with E-state index in [1.165, 1.54) is 0 Å². The van der Waals surface area contributed by atoms with Gasteiger partial charge in [0.15, 0.2) is 0 Å². The van der Waals surface area contributed by atoms with Gasteiger partial charge in [0.1, 0.15) is 5.75 Å². The van der Waals surface area contributed by atoms with Gasteiger partial charge in [-0.25, -0.2) is 0 Å². The van der Waals surface area contributed by atoms with E-state index in [4.69, 9.17) is 0 Å². The molecule has 0 radical (unpaired) electrons. The highest BCUT2D eigenvalue weighted by Gasteiger charge is 2.11. The van der Waals surface area contributed by atoms with Crippen molar-refractivity contribution in [1.29, 1.82) is 0 Å². The van der Waals surface area contributed by atoms with E-state index in [9.17, 15) is 9.90 Å². The van der Waals surface area contributed by atoms with Gasteiger partial charge in [0.2, 0.25) is 0 Å². The van der Waals surface area contributed by atoms with Crippen LogP contribution >= 0.6 is 15.9 Å². The van der Waals surface area contributed by atoms with Crippen LogP contribution in [0.2, 0.25) is 0 Å². The highest BCUT2D eigenvalue weighted by atomic mass is 79.9. The van der Waals surface area contributed by atoms with E-state index >= 15 is 0 Å². The van der Waals surface area contributed by atoms with Gasteiger partial charge in [0.05, 0.1) is 4.47 Å². The molecule has 0 heterocycles. The molecule has 22 heavy (non-hydrogen) atoms. The van der Waals surface area contributed by atoms with Crippen LogP contribution in [-0.4, -0.2) is 11.0 Å². The zero-order valence-electron chi connectivity index (χ0n) is 11.9. The summed E-state index contributed by atoms with van der Waals surface area (Å²) in [7, 11) is 0. The Labute approximate surface area is 136 Å². The molecule has 3 nitrogen and oxygen atoms in total. The largest absolute Gasteiger partial charge is 0.506 e. The molecule has 0 aliphatic rings. The molecule has 0 saturated heterocycles. The molecule has 0 spiro atoms. The molecule has 0 aliphatic carbocycles. The molecule has 3 aromatic carbocycles. The van der Waals surface area contributed by atoms with Gasteiger partial charge < -0.3 is 10.4 Å². The lowest BCUT2D eigenvalue weighted by Gasteiger charge is -2.10. The Hall–Kier alpha value is -2.33. The zero-order chi connectivity index (χ0) is 15.7.